The number of benzene rings is 1. The number of phenols is 1. The van der Waals surface area contributed by atoms with Gasteiger partial charge in [-0.3, -0.25) is 4.79 Å². The summed E-state index contributed by atoms with van der Waals surface area (Å²) >= 11 is 1.60. The number of phenolic OH excluding ortho intramolecular Hbond substituents is 1. The van der Waals surface area contributed by atoms with Crippen LogP contribution in [0.15, 0.2) is 29.8 Å². The van der Waals surface area contributed by atoms with Gasteiger partial charge in [0.05, 0.1) is 12.2 Å². The number of carbonyl (C=O) groups excluding carboxylic acids is 1. The zero-order valence-electron chi connectivity index (χ0n) is 18.5. The predicted octanol–water partition coefficient (Wildman–Crippen LogP) is 5.55. The highest BCUT2D eigenvalue weighted by molar-refractivity contribution is 7.13. The molecule has 0 bridgehead atoms. The molecular weight excluding hydrogens is 434 g/mol. The first-order valence-electron chi connectivity index (χ1n) is 10.8. The van der Waals surface area contributed by atoms with Gasteiger partial charge in [0.25, 0.3) is 5.91 Å². The van der Waals surface area contributed by atoms with E-state index < -0.39 is 23.3 Å². The highest BCUT2D eigenvalue weighted by atomic mass is 32.1. The molecule has 6 nitrogen and oxygen atoms in total. The Bertz CT molecular complexity index is 1050. The van der Waals surface area contributed by atoms with Gasteiger partial charge in [-0.15, -0.1) is 11.3 Å². The van der Waals surface area contributed by atoms with Crippen molar-refractivity contribution in [1.29, 1.82) is 0 Å². The van der Waals surface area contributed by atoms with Crippen molar-refractivity contribution in [2.45, 2.75) is 46.6 Å². The van der Waals surface area contributed by atoms with Crippen molar-refractivity contribution in [2.24, 2.45) is 0 Å². The summed E-state index contributed by atoms with van der Waals surface area (Å²) < 4.78 is 28.9. The van der Waals surface area contributed by atoms with E-state index in [1.807, 2.05) is 32.3 Å². The summed E-state index contributed by atoms with van der Waals surface area (Å²) in [5.74, 6) is -3.84. The van der Waals surface area contributed by atoms with E-state index in [1.165, 1.54) is 19.3 Å². The van der Waals surface area contributed by atoms with Gasteiger partial charge in [0.1, 0.15) is 5.69 Å². The third kappa shape index (κ3) is 5.45. The number of halogens is 2. The van der Waals surface area contributed by atoms with Crippen LogP contribution in [0.2, 0.25) is 0 Å². The lowest BCUT2D eigenvalue weighted by Crippen LogP contribution is -2.29. The fraction of sp³-hybridized carbons (Fsp3) is 0.391. The number of aryl methyl sites for hydroxylation is 1. The van der Waals surface area contributed by atoms with E-state index in [0.29, 0.717) is 12.2 Å². The van der Waals surface area contributed by atoms with Gasteiger partial charge < -0.3 is 19.9 Å². The van der Waals surface area contributed by atoms with Crippen molar-refractivity contribution in [3.63, 3.8) is 0 Å². The van der Waals surface area contributed by atoms with E-state index in [9.17, 15) is 18.7 Å². The summed E-state index contributed by atoms with van der Waals surface area (Å²) in [5, 5.41) is 14.7. The molecule has 9 heteroatoms. The van der Waals surface area contributed by atoms with Crippen LogP contribution in [0.4, 0.5) is 19.6 Å². The van der Waals surface area contributed by atoms with Crippen LogP contribution >= 0.6 is 11.3 Å². The number of hydrogen-bond donors (Lipinski definition) is 2. The second-order valence-corrected chi connectivity index (χ2v) is 8.28. The van der Waals surface area contributed by atoms with E-state index in [0.717, 1.165) is 41.6 Å². The lowest BCUT2D eigenvalue weighted by molar-refractivity contribution is 0.101. The number of nitrogens with zero attached hydrogens (tertiary/aromatic N) is 3. The maximum Gasteiger partial charge on any atom is 0.272 e. The Morgan fingerprint density at radius 1 is 1.16 bits per heavy atom. The molecule has 0 saturated carbocycles. The summed E-state index contributed by atoms with van der Waals surface area (Å²) in [4.78, 5) is 19.7. The molecule has 4 rings (SSSR count). The third-order valence-corrected chi connectivity index (χ3v) is 5.99. The Hall–Kier alpha value is -2.94. The smallest absolute Gasteiger partial charge is 0.272 e. The van der Waals surface area contributed by atoms with Crippen molar-refractivity contribution in [1.82, 2.24) is 9.55 Å². The Labute approximate surface area is 190 Å². The summed E-state index contributed by atoms with van der Waals surface area (Å²) in [7, 11) is 0. The summed E-state index contributed by atoms with van der Waals surface area (Å²) in [6, 6.07) is 3.46. The van der Waals surface area contributed by atoms with Gasteiger partial charge in [-0.2, -0.15) is 0 Å². The van der Waals surface area contributed by atoms with Crippen molar-refractivity contribution < 1.29 is 18.7 Å². The number of thiazole rings is 1. The van der Waals surface area contributed by atoms with E-state index in [-0.39, 0.29) is 5.69 Å². The van der Waals surface area contributed by atoms with E-state index >= 15 is 0 Å². The van der Waals surface area contributed by atoms with E-state index in [4.69, 9.17) is 4.98 Å². The molecule has 1 aliphatic heterocycles. The summed E-state index contributed by atoms with van der Waals surface area (Å²) in [5.41, 5.74) is 2.02. The molecule has 1 aromatic carbocycles. The zero-order valence-corrected chi connectivity index (χ0v) is 19.3. The maximum atomic E-state index is 13.6. The van der Waals surface area contributed by atoms with Crippen LogP contribution in [-0.4, -0.2) is 33.7 Å². The second kappa shape index (κ2) is 10.6. The van der Waals surface area contributed by atoms with Crippen LogP contribution in [0.25, 0.3) is 0 Å². The molecule has 3 heterocycles. The minimum Gasteiger partial charge on any atom is -0.503 e. The number of nitrogens with one attached hydrogen (secondary N) is 1. The fourth-order valence-corrected chi connectivity index (χ4v) is 4.45. The summed E-state index contributed by atoms with van der Waals surface area (Å²) in [6.07, 6.45) is 5.44. The molecule has 3 aromatic rings. The SMILES string of the molecule is CC.Cc1cc(C(=O)Nc2cc(F)c(O)c(F)c2)n(Cc2csc(N3CCCCC3)n2)c1. The molecule has 2 N–H and O–H groups in total. The molecule has 0 atom stereocenters. The van der Waals surface area contributed by atoms with Crippen molar-refractivity contribution in [2.75, 3.05) is 23.3 Å². The average Bonchev–Trinajstić information content (AvgIpc) is 3.40. The van der Waals surface area contributed by atoms with Gasteiger partial charge in [-0.05, 0) is 37.8 Å². The zero-order chi connectivity index (χ0) is 23.3. The lowest BCUT2D eigenvalue weighted by Gasteiger charge is -2.25. The fourth-order valence-electron chi connectivity index (χ4n) is 3.58. The Kier molecular flexibility index (Phi) is 7.84. The van der Waals surface area contributed by atoms with Gasteiger partial charge in [0, 0.05) is 42.5 Å². The highest BCUT2D eigenvalue weighted by Crippen LogP contribution is 2.26. The van der Waals surface area contributed by atoms with Gasteiger partial charge in [0.15, 0.2) is 22.5 Å². The lowest BCUT2D eigenvalue weighted by atomic mass is 10.1. The van der Waals surface area contributed by atoms with Crippen LogP contribution in [-0.2, 0) is 6.54 Å². The van der Waals surface area contributed by atoms with Gasteiger partial charge in [-0.25, -0.2) is 13.8 Å². The van der Waals surface area contributed by atoms with E-state index in [1.54, 1.807) is 22.0 Å². The second-order valence-electron chi connectivity index (χ2n) is 7.44. The number of hydrogen-bond acceptors (Lipinski definition) is 5. The monoisotopic (exact) mass is 462 g/mol. The maximum absolute atomic E-state index is 13.6. The molecule has 1 fully saturated rings. The quantitative estimate of drug-likeness (QED) is 0.488. The number of piperidine rings is 1. The molecule has 0 spiro atoms. The van der Waals surface area contributed by atoms with E-state index in [2.05, 4.69) is 10.2 Å². The van der Waals surface area contributed by atoms with Crippen LogP contribution in [0.1, 0.15) is 54.9 Å². The Morgan fingerprint density at radius 3 is 2.47 bits per heavy atom. The number of rotatable bonds is 5. The number of aromatic nitrogens is 2. The number of carbonyl (C=O) groups is 1. The van der Waals surface area contributed by atoms with Crippen LogP contribution in [0.3, 0.4) is 0 Å². The van der Waals surface area contributed by atoms with Gasteiger partial charge in [-0.1, -0.05) is 13.8 Å². The third-order valence-electron chi connectivity index (χ3n) is 5.04. The van der Waals surface area contributed by atoms with Crippen molar-refractivity contribution in [3.8, 4) is 5.75 Å². The Morgan fingerprint density at radius 2 is 1.81 bits per heavy atom. The topological polar surface area (TPSA) is 70.4 Å². The Balaban J connectivity index is 0.00000141. The van der Waals surface area contributed by atoms with Gasteiger partial charge >= 0.3 is 0 Å². The standard InChI is InChI=1S/C21H22F2N4O2S.C2H6/c1-13-7-18(20(29)24-14-8-16(22)19(28)17(23)9-14)27(10-13)11-15-12-30-21(25-15)26-5-3-2-4-6-26;1-2/h7-10,12,28H,2-6,11H2,1H3,(H,24,29);1-2H3. The number of aromatic hydroxyl groups is 1. The molecule has 0 unspecified atom stereocenters. The summed E-state index contributed by atoms with van der Waals surface area (Å²) in [6.45, 7) is 8.32. The number of anilines is 2. The van der Waals surface area contributed by atoms with Crippen molar-refractivity contribution >= 4 is 28.1 Å². The molecule has 0 radical (unpaired) electrons. The first-order valence-corrected chi connectivity index (χ1v) is 11.6. The minimum absolute atomic E-state index is 0.0701. The molecule has 1 amide bonds. The molecule has 0 aliphatic carbocycles. The van der Waals surface area contributed by atoms with Crippen molar-refractivity contribution in [3.05, 3.63) is 58.4 Å². The molecule has 2 aromatic heterocycles. The van der Waals surface area contributed by atoms with Crippen LogP contribution in [0.5, 0.6) is 5.75 Å². The molecule has 1 aliphatic rings. The van der Waals surface area contributed by atoms with Crippen LogP contribution < -0.4 is 10.2 Å². The number of amides is 1. The molecular formula is C23H28F2N4O2S. The predicted molar refractivity (Wildman–Crippen MR) is 124 cm³/mol. The molecule has 172 valence electrons. The highest BCUT2D eigenvalue weighted by Gasteiger charge is 2.18. The largest absolute Gasteiger partial charge is 0.503 e. The normalized spacial score (nSPS) is 13.5. The molecule has 32 heavy (non-hydrogen) atoms. The van der Waals surface area contributed by atoms with Gasteiger partial charge in [0.2, 0.25) is 0 Å². The minimum atomic E-state index is -1.13. The first-order chi connectivity index (χ1) is 15.4. The molecule has 1 saturated heterocycles. The first kappa shape index (κ1) is 23.7. The average molecular weight is 463 g/mol. The van der Waals surface area contributed by atoms with Crippen LogP contribution in [0, 0.1) is 18.6 Å².